The van der Waals surface area contributed by atoms with Gasteiger partial charge in [0.2, 0.25) is 5.95 Å². The molecule has 0 atom stereocenters. The van der Waals surface area contributed by atoms with Crippen LogP contribution in [0.4, 0.5) is 17.5 Å². The fraction of sp³-hybridized carbons (Fsp3) is 0.238. The second-order valence-corrected chi connectivity index (χ2v) is 5.83. The van der Waals surface area contributed by atoms with Gasteiger partial charge in [-0.3, -0.25) is 0 Å². The maximum absolute atomic E-state index is 5.48. The maximum Gasteiger partial charge on any atom is 0.229 e. The molecule has 0 saturated heterocycles. The van der Waals surface area contributed by atoms with Crippen LogP contribution in [0.25, 0.3) is 11.3 Å². The van der Waals surface area contributed by atoms with E-state index in [1.807, 2.05) is 67.6 Å². The van der Waals surface area contributed by atoms with Crippen LogP contribution in [0.5, 0.6) is 5.75 Å². The molecule has 0 fully saturated rings. The minimum Gasteiger partial charge on any atom is -0.494 e. The minimum absolute atomic E-state index is 0.528. The highest BCUT2D eigenvalue weighted by atomic mass is 16.5. The lowest BCUT2D eigenvalue weighted by Gasteiger charge is -2.12. The van der Waals surface area contributed by atoms with Gasteiger partial charge in [0.1, 0.15) is 11.6 Å². The number of nitrogens with one attached hydrogen (secondary N) is 2. The molecule has 0 radical (unpaired) electrons. The van der Waals surface area contributed by atoms with E-state index in [0.717, 1.165) is 28.5 Å². The van der Waals surface area contributed by atoms with Crippen LogP contribution in [0.3, 0.4) is 0 Å². The number of anilines is 3. The monoisotopic (exact) mass is 364 g/mol. The first-order valence-electron chi connectivity index (χ1n) is 8.95. The first-order chi connectivity index (χ1) is 13.3. The summed E-state index contributed by atoms with van der Waals surface area (Å²) in [4.78, 5) is 9.23. The van der Waals surface area contributed by atoms with E-state index in [2.05, 4.69) is 20.6 Å². The van der Waals surface area contributed by atoms with E-state index in [0.29, 0.717) is 25.7 Å². The molecule has 0 unspecified atom stereocenters. The van der Waals surface area contributed by atoms with Gasteiger partial charge in [0.05, 0.1) is 18.9 Å². The SMILES string of the molecule is CCOc1ccc(Nc2nc(NCCOC)cc(-c3ccccc3)n2)cc1. The second-order valence-electron chi connectivity index (χ2n) is 5.83. The van der Waals surface area contributed by atoms with Crippen molar-refractivity contribution in [1.29, 1.82) is 0 Å². The number of hydrogen-bond donors (Lipinski definition) is 2. The van der Waals surface area contributed by atoms with Crippen molar-refractivity contribution in [1.82, 2.24) is 9.97 Å². The Balaban J connectivity index is 1.85. The van der Waals surface area contributed by atoms with E-state index in [4.69, 9.17) is 9.47 Å². The average molecular weight is 364 g/mol. The normalized spacial score (nSPS) is 10.4. The molecule has 1 heterocycles. The van der Waals surface area contributed by atoms with Crippen molar-refractivity contribution >= 4 is 17.5 Å². The van der Waals surface area contributed by atoms with Gasteiger partial charge in [-0.15, -0.1) is 0 Å². The zero-order chi connectivity index (χ0) is 18.9. The fourth-order valence-electron chi connectivity index (χ4n) is 2.56. The molecule has 27 heavy (non-hydrogen) atoms. The van der Waals surface area contributed by atoms with Crippen LogP contribution in [0.1, 0.15) is 6.92 Å². The summed E-state index contributed by atoms with van der Waals surface area (Å²) in [6.07, 6.45) is 0. The lowest BCUT2D eigenvalue weighted by molar-refractivity contribution is 0.210. The van der Waals surface area contributed by atoms with Crippen LogP contribution in [0.2, 0.25) is 0 Å². The summed E-state index contributed by atoms with van der Waals surface area (Å²) in [7, 11) is 1.68. The molecule has 140 valence electrons. The Hall–Kier alpha value is -3.12. The Labute approximate surface area is 159 Å². The number of methoxy groups -OCH3 is 1. The second kappa shape index (κ2) is 9.54. The topological polar surface area (TPSA) is 68.3 Å². The largest absolute Gasteiger partial charge is 0.494 e. The van der Waals surface area contributed by atoms with Gasteiger partial charge in [-0.1, -0.05) is 30.3 Å². The number of hydrogen-bond acceptors (Lipinski definition) is 6. The van der Waals surface area contributed by atoms with Gasteiger partial charge in [-0.2, -0.15) is 4.98 Å². The molecule has 0 aliphatic rings. The van der Waals surface area contributed by atoms with Gasteiger partial charge in [0, 0.05) is 31.0 Å². The third kappa shape index (κ3) is 5.43. The summed E-state index contributed by atoms with van der Waals surface area (Å²) in [6.45, 7) is 3.88. The van der Waals surface area contributed by atoms with Crippen molar-refractivity contribution in [3.63, 3.8) is 0 Å². The molecule has 0 saturated carbocycles. The van der Waals surface area contributed by atoms with Gasteiger partial charge in [-0.25, -0.2) is 4.98 Å². The van der Waals surface area contributed by atoms with E-state index in [1.165, 1.54) is 0 Å². The van der Waals surface area contributed by atoms with E-state index in [-0.39, 0.29) is 0 Å². The lowest BCUT2D eigenvalue weighted by Crippen LogP contribution is -2.10. The molecule has 2 N–H and O–H groups in total. The van der Waals surface area contributed by atoms with Crippen LogP contribution < -0.4 is 15.4 Å². The summed E-state index contributed by atoms with van der Waals surface area (Å²) >= 11 is 0. The molecule has 0 amide bonds. The van der Waals surface area contributed by atoms with Gasteiger partial charge < -0.3 is 20.1 Å². The molecule has 6 nitrogen and oxygen atoms in total. The van der Waals surface area contributed by atoms with Crippen molar-refractivity contribution in [2.75, 3.05) is 37.5 Å². The van der Waals surface area contributed by atoms with Gasteiger partial charge in [0.25, 0.3) is 0 Å². The third-order valence-electron chi connectivity index (χ3n) is 3.83. The zero-order valence-corrected chi connectivity index (χ0v) is 15.6. The van der Waals surface area contributed by atoms with E-state index in [9.17, 15) is 0 Å². The Bertz CT molecular complexity index is 839. The van der Waals surface area contributed by atoms with Gasteiger partial charge in [0.15, 0.2) is 0 Å². The quantitative estimate of drug-likeness (QED) is 0.550. The minimum atomic E-state index is 0.528. The van der Waals surface area contributed by atoms with Gasteiger partial charge >= 0.3 is 0 Å². The van der Waals surface area contributed by atoms with E-state index < -0.39 is 0 Å². The molecule has 0 bridgehead atoms. The molecule has 0 aliphatic heterocycles. The van der Waals surface area contributed by atoms with Crippen LogP contribution in [-0.2, 0) is 4.74 Å². The molecule has 0 aliphatic carbocycles. The summed E-state index contributed by atoms with van der Waals surface area (Å²) in [6, 6.07) is 19.7. The Morgan fingerprint density at radius 3 is 2.44 bits per heavy atom. The number of ether oxygens (including phenoxy) is 2. The molecule has 6 heteroatoms. The van der Waals surface area contributed by atoms with Crippen molar-refractivity contribution in [3.05, 3.63) is 60.7 Å². The van der Waals surface area contributed by atoms with Gasteiger partial charge in [-0.05, 0) is 31.2 Å². The van der Waals surface area contributed by atoms with Crippen LogP contribution in [0.15, 0.2) is 60.7 Å². The van der Waals surface area contributed by atoms with Crippen molar-refractivity contribution < 1.29 is 9.47 Å². The lowest BCUT2D eigenvalue weighted by atomic mass is 10.1. The highest BCUT2D eigenvalue weighted by molar-refractivity contribution is 5.66. The molecule has 0 spiro atoms. The molecule has 3 aromatic rings. The number of aromatic nitrogens is 2. The van der Waals surface area contributed by atoms with Crippen molar-refractivity contribution in [2.45, 2.75) is 6.92 Å². The fourth-order valence-corrected chi connectivity index (χ4v) is 2.56. The summed E-state index contributed by atoms with van der Waals surface area (Å²) in [5.74, 6) is 2.11. The summed E-state index contributed by atoms with van der Waals surface area (Å²) < 4.78 is 10.6. The third-order valence-corrected chi connectivity index (χ3v) is 3.83. The van der Waals surface area contributed by atoms with Crippen LogP contribution in [-0.4, -0.2) is 36.8 Å². The first-order valence-corrected chi connectivity index (χ1v) is 8.95. The smallest absolute Gasteiger partial charge is 0.229 e. The summed E-state index contributed by atoms with van der Waals surface area (Å²) in [5, 5.41) is 6.54. The Kier molecular flexibility index (Phi) is 6.60. The number of nitrogens with zero attached hydrogens (tertiary/aromatic N) is 2. The molecule has 2 aromatic carbocycles. The average Bonchev–Trinajstić information content (AvgIpc) is 2.70. The van der Waals surface area contributed by atoms with Crippen LogP contribution in [0, 0.1) is 0 Å². The highest BCUT2D eigenvalue weighted by Crippen LogP contribution is 2.24. The predicted molar refractivity (Wildman–Crippen MR) is 109 cm³/mol. The Morgan fingerprint density at radius 1 is 0.963 bits per heavy atom. The molecule has 1 aromatic heterocycles. The first kappa shape index (κ1) is 18.7. The molecular formula is C21H24N4O2. The predicted octanol–water partition coefficient (Wildman–Crippen LogP) is 4.34. The Morgan fingerprint density at radius 2 is 1.74 bits per heavy atom. The highest BCUT2D eigenvalue weighted by Gasteiger charge is 2.07. The standard InChI is InChI=1S/C21H24N4O2/c1-3-27-18-11-9-17(10-12-18)23-21-24-19(16-7-5-4-6-8-16)15-20(25-21)22-13-14-26-2/h4-12,15H,3,13-14H2,1-2H3,(H2,22,23,24,25). The summed E-state index contributed by atoms with van der Waals surface area (Å²) in [5.41, 5.74) is 2.77. The molecule has 3 rings (SSSR count). The molecular weight excluding hydrogens is 340 g/mol. The number of benzene rings is 2. The van der Waals surface area contributed by atoms with E-state index in [1.54, 1.807) is 7.11 Å². The van der Waals surface area contributed by atoms with E-state index >= 15 is 0 Å². The zero-order valence-electron chi connectivity index (χ0n) is 15.6. The maximum atomic E-state index is 5.48. The number of rotatable bonds is 9. The van der Waals surface area contributed by atoms with Crippen molar-refractivity contribution in [3.8, 4) is 17.0 Å². The van der Waals surface area contributed by atoms with Crippen LogP contribution >= 0.6 is 0 Å². The van der Waals surface area contributed by atoms with Crippen molar-refractivity contribution in [2.24, 2.45) is 0 Å².